The standard InChI is InChI=1S/C20H25N3O2/c1-15(2)23-14-20(8-7-18(23)24)9-11-22(12-10-20)19(25)17-5-3-16(13-21)4-6-17/h3-6,15H,7-12,14H2,1-2H3. The molecule has 1 aromatic carbocycles. The Morgan fingerprint density at radius 3 is 2.36 bits per heavy atom. The molecule has 2 saturated heterocycles. The van der Waals surface area contributed by atoms with Crippen molar-refractivity contribution in [1.82, 2.24) is 9.80 Å². The zero-order chi connectivity index (χ0) is 18.0. The number of piperidine rings is 2. The number of hydrogen-bond acceptors (Lipinski definition) is 3. The fourth-order valence-electron chi connectivity index (χ4n) is 3.98. The van der Waals surface area contributed by atoms with Crippen molar-refractivity contribution in [2.24, 2.45) is 5.41 Å². The molecule has 0 radical (unpaired) electrons. The second-order valence-corrected chi connectivity index (χ2v) is 7.60. The number of nitriles is 1. The Morgan fingerprint density at radius 1 is 1.16 bits per heavy atom. The molecule has 0 bridgehead atoms. The van der Waals surface area contributed by atoms with E-state index in [4.69, 9.17) is 5.26 Å². The fraction of sp³-hybridized carbons (Fsp3) is 0.550. The van der Waals surface area contributed by atoms with Crippen molar-refractivity contribution in [2.75, 3.05) is 19.6 Å². The molecule has 0 aliphatic carbocycles. The molecule has 5 heteroatoms. The van der Waals surface area contributed by atoms with Crippen molar-refractivity contribution in [3.05, 3.63) is 35.4 Å². The third kappa shape index (κ3) is 3.53. The molecule has 0 atom stereocenters. The van der Waals surface area contributed by atoms with Crippen LogP contribution in [-0.2, 0) is 4.79 Å². The molecule has 2 aliphatic heterocycles. The van der Waals surface area contributed by atoms with Gasteiger partial charge in [-0.15, -0.1) is 0 Å². The van der Waals surface area contributed by atoms with Gasteiger partial charge in [0.15, 0.2) is 0 Å². The van der Waals surface area contributed by atoms with E-state index in [9.17, 15) is 9.59 Å². The maximum absolute atomic E-state index is 12.7. The first-order valence-corrected chi connectivity index (χ1v) is 9.03. The normalized spacial score (nSPS) is 20.0. The summed E-state index contributed by atoms with van der Waals surface area (Å²) in [6.45, 7) is 6.43. The number of benzene rings is 1. The van der Waals surface area contributed by atoms with E-state index >= 15 is 0 Å². The summed E-state index contributed by atoms with van der Waals surface area (Å²) >= 11 is 0. The van der Waals surface area contributed by atoms with Gasteiger partial charge in [0.25, 0.3) is 5.91 Å². The summed E-state index contributed by atoms with van der Waals surface area (Å²) < 4.78 is 0. The minimum absolute atomic E-state index is 0.0342. The highest BCUT2D eigenvalue weighted by molar-refractivity contribution is 5.94. The molecule has 132 valence electrons. The second-order valence-electron chi connectivity index (χ2n) is 7.60. The molecule has 2 aliphatic rings. The van der Waals surface area contributed by atoms with E-state index in [1.807, 2.05) is 9.80 Å². The molecule has 0 aromatic heterocycles. The summed E-state index contributed by atoms with van der Waals surface area (Å²) in [6, 6.07) is 9.14. The molecule has 1 spiro atoms. The van der Waals surface area contributed by atoms with E-state index < -0.39 is 0 Å². The Hall–Kier alpha value is -2.35. The van der Waals surface area contributed by atoms with Crippen molar-refractivity contribution >= 4 is 11.8 Å². The van der Waals surface area contributed by atoms with E-state index in [1.165, 1.54) is 0 Å². The first-order valence-electron chi connectivity index (χ1n) is 9.03. The van der Waals surface area contributed by atoms with Gasteiger partial charge < -0.3 is 9.80 Å². The third-order valence-electron chi connectivity index (χ3n) is 5.69. The maximum Gasteiger partial charge on any atom is 0.253 e. The van der Waals surface area contributed by atoms with Crippen LogP contribution in [0.5, 0.6) is 0 Å². The molecule has 25 heavy (non-hydrogen) atoms. The first-order chi connectivity index (χ1) is 11.9. The van der Waals surface area contributed by atoms with Crippen molar-refractivity contribution in [1.29, 1.82) is 5.26 Å². The first kappa shape index (κ1) is 17.5. The number of rotatable bonds is 2. The number of likely N-dealkylation sites (tertiary alicyclic amines) is 2. The van der Waals surface area contributed by atoms with Crippen LogP contribution in [0.1, 0.15) is 55.5 Å². The van der Waals surface area contributed by atoms with Crippen LogP contribution in [-0.4, -0.2) is 47.3 Å². The van der Waals surface area contributed by atoms with E-state index in [2.05, 4.69) is 19.9 Å². The van der Waals surface area contributed by atoms with Crippen LogP contribution >= 0.6 is 0 Å². The molecule has 0 unspecified atom stereocenters. The summed E-state index contributed by atoms with van der Waals surface area (Å²) in [5, 5.41) is 8.86. The maximum atomic E-state index is 12.7. The lowest BCUT2D eigenvalue weighted by Gasteiger charge is -2.48. The lowest BCUT2D eigenvalue weighted by Crippen LogP contribution is -2.54. The monoisotopic (exact) mass is 339 g/mol. The fourth-order valence-corrected chi connectivity index (χ4v) is 3.98. The third-order valence-corrected chi connectivity index (χ3v) is 5.69. The van der Waals surface area contributed by atoms with Crippen LogP contribution in [0.2, 0.25) is 0 Å². The van der Waals surface area contributed by atoms with Gasteiger partial charge in [0.05, 0.1) is 11.6 Å². The minimum atomic E-state index is 0.0342. The Kier molecular flexibility index (Phi) is 4.80. The van der Waals surface area contributed by atoms with Crippen LogP contribution in [0.25, 0.3) is 0 Å². The van der Waals surface area contributed by atoms with Crippen LogP contribution in [0.4, 0.5) is 0 Å². The predicted octanol–water partition coefficient (Wildman–Crippen LogP) is 2.81. The summed E-state index contributed by atoms with van der Waals surface area (Å²) in [5.41, 5.74) is 1.37. The van der Waals surface area contributed by atoms with Gasteiger partial charge >= 0.3 is 0 Å². The largest absolute Gasteiger partial charge is 0.340 e. The van der Waals surface area contributed by atoms with Crippen molar-refractivity contribution in [3.63, 3.8) is 0 Å². The van der Waals surface area contributed by atoms with Gasteiger partial charge in [-0.05, 0) is 62.8 Å². The lowest BCUT2D eigenvalue weighted by molar-refractivity contribution is -0.141. The van der Waals surface area contributed by atoms with Crippen LogP contribution in [0, 0.1) is 16.7 Å². The Morgan fingerprint density at radius 2 is 1.80 bits per heavy atom. The number of carbonyl (C=O) groups is 2. The molecule has 0 saturated carbocycles. The van der Waals surface area contributed by atoms with E-state index in [-0.39, 0.29) is 23.3 Å². The van der Waals surface area contributed by atoms with E-state index in [0.717, 1.165) is 38.9 Å². The molecule has 2 amide bonds. The zero-order valence-corrected chi connectivity index (χ0v) is 15.0. The van der Waals surface area contributed by atoms with Gasteiger partial charge in [0.2, 0.25) is 5.91 Å². The van der Waals surface area contributed by atoms with Gasteiger partial charge in [-0.3, -0.25) is 9.59 Å². The summed E-state index contributed by atoms with van der Waals surface area (Å²) in [4.78, 5) is 28.7. The predicted molar refractivity (Wildman–Crippen MR) is 94.8 cm³/mol. The summed E-state index contributed by atoms with van der Waals surface area (Å²) in [5.74, 6) is 0.295. The van der Waals surface area contributed by atoms with Crippen molar-refractivity contribution < 1.29 is 9.59 Å². The van der Waals surface area contributed by atoms with Crippen molar-refractivity contribution in [3.8, 4) is 6.07 Å². The topological polar surface area (TPSA) is 64.4 Å². The summed E-state index contributed by atoms with van der Waals surface area (Å²) in [7, 11) is 0. The van der Waals surface area contributed by atoms with Crippen LogP contribution in [0.15, 0.2) is 24.3 Å². The molecular formula is C20H25N3O2. The average Bonchev–Trinajstić information content (AvgIpc) is 2.64. The highest BCUT2D eigenvalue weighted by Gasteiger charge is 2.42. The number of nitrogens with zero attached hydrogens (tertiary/aromatic N) is 3. The lowest BCUT2D eigenvalue weighted by atomic mass is 9.72. The molecule has 0 N–H and O–H groups in total. The quantitative estimate of drug-likeness (QED) is 0.832. The average molecular weight is 339 g/mol. The smallest absolute Gasteiger partial charge is 0.253 e. The molecule has 3 rings (SSSR count). The Labute approximate surface area is 149 Å². The Bertz CT molecular complexity index is 695. The number of carbonyl (C=O) groups excluding carboxylic acids is 2. The highest BCUT2D eigenvalue weighted by atomic mass is 16.2. The van der Waals surface area contributed by atoms with Crippen molar-refractivity contribution in [2.45, 2.75) is 45.6 Å². The van der Waals surface area contributed by atoms with Gasteiger partial charge in [-0.1, -0.05) is 0 Å². The highest BCUT2D eigenvalue weighted by Crippen LogP contribution is 2.41. The summed E-state index contributed by atoms with van der Waals surface area (Å²) in [6.07, 6.45) is 3.47. The van der Waals surface area contributed by atoms with Gasteiger partial charge in [0, 0.05) is 37.7 Å². The number of amides is 2. The van der Waals surface area contributed by atoms with Gasteiger partial charge in [-0.25, -0.2) is 0 Å². The Balaban J connectivity index is 1.64. The van der Waals surface area contributed by atoms with Crippen LogP contribution in [0.3, 0.4) is 0 Å². The zero-order valence-electron chi connectivity index (χ0n) is 15.0. The van der Waals surface area contributed by atoms with E-state index in [0.29, 0.717) is 17.5 Å². The minimum Gasteiger partial charge on any atom is -0.340 e. The second kappa shape index (κ2) is 6.87. The molecule has 2 fully saturated rings. The molecule has 1 aromatic rings. The van der Waals surface area contributed by atoms with Crippen LogP contribution < -0.4 is 0 Å². The van der Waals surface area contributed by atoms with E-state index in [1.54, 1.807) is 24.3 Å². The number of hydrogen-bond donors (Lipinski definition) is 0. The SMILES string of the molecule is CC(C)N1CC2(CCC1=O)CCN(C(=O)c1ccc(C#N)cc1)CC2. The van der Waals surface area contributed by atoms with Gasteiger partial charge in [-0.2, -0.15) is 5.26 Å². The molecular weight excluding hydrogens is 314 g/mol. The molecule has 5 nitrogen and oxygen atoms in total. The molecule has 2 heterocycles. The van der Waals surface area contributed by atoms with Gasteiger partial charge in [0.1, 0.15) is 0 Å².